The summed E-state index contributed by atoms with van der Waals surface area (Å²) < 4.78 is 40.0. The van der Waals surface area contributed by atoms with Crippen LogP contribution in [-0.2, 0) is 18.9 Å². The Morgan fingerprint density at radius 3 is 2.52 bits per heavy atom. The lowest BCUT2D eigenvalue weighted by atomic mass is 9.67. The van der Waals surface area contributed by atoms with Crippen molar-refractivity contribution in [3.8, 4) is 5.75 Å². The van der Waals surface area contributed by atoms with Crippen LogP contribution in [0.4, 0.5) is 8.78 Å². The molecule has 11 heteroatoms. The molecule has 0 radical (unpaired) electrons. The monoisotopic (exact) mass is 432 g/mol. The van der Waals surface area contributed by atoms with E-state index >= 15 is 0 Å². The van der Waals surface area contributed by atoms with Crippen LogP contribution in [0.2, 0.25) is 0 Å². The lowest BCUT2D eigenvalue weighted by Crippen LogP contribution is -2.38. The Bertz CT molecular complexity index is 800. The maximum absolute atomic E-state index is 13.3. The van der Waals surface area contributed by atoms with Crippen molar-refractivity contribution in [2.45, 2.75) is 30.9 Å². The number of alkyl halides is 2. The van der Waals surface area contributed by atoms with E-state index in [1.54, 1.807) is 12.1 Å². The van der Waals surface area contributed by atoms with E-state index in [9.17, 15) is 23.2 Å². The number of esters is 1. The first-order valence-electron chi connectivity index (χ1n) is 8.92. The van der Waals surface area contributed by atoms with E-state index in [1.807, 2.05) is 0 Å². The van der Waals surface area contributed by atoms with Gasteiger partial charge in [-0.15, -0.1) is 4.33 Å². The maximum Gasteiger partial charge on any atom is 0.415 e. The zero-order valence-electron chi connectivity index (χ0n) is 15.1. The van der Waals surface area contributed by atoms with Crippen LogP contribution in [0.1, 0.15) is 46.4 Å². The first kappa shape index (κ1) is 21.6. The predicted molar refractivity (Wildman–Crippen MR) is 94.3 cm³/mol. The van der Waals surface area contributed by atoms with Crippen molar-refractivity contribution in [2.75, 3.05) is 13.2 Å². The standard InChI is InChI=1S/C18H18F2O8S/c19-18(20,29-28-27-24)17(23)26-9-8-25-13-7-3-6-12-14(13)16(22)11-5-2-1-4-10(11)15(12)21/h3,6-7,10-11,24H,1-2,4-5,8-9H2. The average molecular weight is 432 g/mol. The van der Waals surface area contributed by atoms with Gasteiger partial charge in [-0.1, -0.05) is 30.0 Å². The van der Waals surface area contributed by atoms with E-state index < -0.39 is 29.9 Å². The molecule has 1 N–H and O–H groups in total. The fourth-order valence-electron chi connectivity index (χ4n) is 3.72. The van der Waals surface area contributed by atoms with Crippen molar-refractivity contribution in [1.29, 1.82) is 0 Å². The predicted octanol–water partition coefficient (Wildman–Crippen LogP) is 3.46. The molecular weight excluding hydrogens is 414 g/mol. The SMILES string of the molecule is O=C1c2cccc(OCCOC(=O)C(F)(F)SOOO)c2C(=O)C2CCCCC12. The van der Waals surface area contributed by atoms with Gasteiger partial charge in [0.25, 0.3) is 0 Å². The Morgan fingerprint density at radius 1 is 1.14 bits per heavy atom. The summed E-state index contributed by atoms with van der Waals surface area (Å²) in [5, 5.41) is 6.77. The summed E-state index contributed by atoms with van der Waals surface area (Å²) in [7, 11) is 0. The molecule has 3 rings (SSSR count). The summed E-state index contributed by atoms with van der Waals surface area (Å²) in [4.78, 5) is 37.0. The molecule has 0 aliphatic heterocycles. The van der Waals surface area contributed by atoms with E-state index in [0.717, 1.165) is 12.8 Å². The molecule has 0 saturated heterocycles. The zero-order chi connectivity index (χ0) is 21.0. The molecule has 0 heterocycles. The van der Waals surface area contributed by atoms with Gasteiger partial charge in [-0.3, -0.25) is 9.59 Å². The number of carbonyl (C=O) groups excluding carboxylic acids is 3. The molecule has 0 aromatic heterocycles. The van der Waals surface area contributed by atoms with Crippen LogP contribution >= 0.6 is 12.0 Å². The molecule has 0 amide bonds. The Kier molecular flexibility index (Phi) is 6.83. The third-order valence-corrected chi connectivity index (χ3v) is 5.46. The lowest BCUT2D eigenvalue weighted by Gasteiger charge is -2.34. The van der Waals surface area contributed by atoms with Crippen LogP contribution in [0.3, 0.4) is 0 Å². The molecule has 2 aliphatic carbocycles. The highest BCUT2D eigenvalue weighted by Gasteiger charge is 2.45. The van der Waals surface area contributed by atoms with E-state index in [1.165, 1.54) is 6.07 Å². The van der Waals surface area contributed by atoms with Crippen molar-refractivity contribution in [2.24, 2.45) is 11.8 Å². The minimum atomic E-state index is -4.10. The summed E-state index contributed by atoms with van der Waals surface area (Å²) in [6.45, 7) is -0.845. The van der Waals surface area contributed by atoms with Gasteiger partial charge in [0, 0.05) is 17.4 Å². The van der Waals surface area contributed by atoms with Crippen LogP contribution in [-0.4, -0.2) is 41.3 Å². The molecule has 0 bridgehead atoms. The molecule has 29 heavy (non-hydrogen) atoms. The van der Waals surface area contributed by atoms with Gasteiger partial charge in [-0.05, 0) is 18.9 Å². The number of benzene rings is 1. The summed E-state index contributed by atoms with van der Waals surface area (Å²) in [6.07, 6.45) is 3.13. The van der Waals surface area contributed by atoms with Gasteiger partial charge in [0.05, 0.1) is 5.56 Å². The second-order valence-electron chi connectivity index (χ2n) is 6.63. The van der Waals surface area contributed by atoms with Crippen molar-refractivity contribution >= 4 is 29.6 Å². The first-order valence-corrected chi connectivity index (χ1v) is 9.66. The van der Waals surface area contributed by atoms with Crippen molar-refractivity contribution in [3.05, 3.63) is 29.3 Å². The molecule has 2 unspecified atom stereocenters. The Balaban J connectivity index is 1.63. The van der Waals surface area contributed by atoms with Gasteiger partial charge in [0.1, 0.15) is 31.0 Å². The zero-order valence-corrected chi connectivity index (χ0v) is 15.9. The van der Waals surface area contributed by atoms with Gasteiger partial charge < -0.3 is 9.47 Å². The molecule has 1 aromatic carbocycles. The second-order valence-corrected chi connectivity index (χ2v) is 7.45. The molecular formula is C18H18F2O8S. The number of carbonyl (C=O) groups is 3. The van der Waals surface area contributed by atoms with E-state index in [0.29, 0.717) is 18.4 Å². The van der Waals surface area contributed by atoms with Crippen LogP contribution in [0, 0.1) is 11.8 Å². The summed E-state index contributed by atoms with van der Waals surface area (Å²) in [5.41, 5.74) is 0.498. The fourth-order valence-corrected chi connectivity index (χ4v) is 3.96. The van der Waals surface area contributed by atoms with Crippen molar-refractivity contribution < 1.29 is 47.3 Å². The van der Waals surface area contributed by atoms with Gasteiger partial charge in [-0.2, -0.15) is 8.78 Å². The fraction of sp³-hybridized carbons (Fsp3) is 0.500. The Labute approximate surface area is 168 Å². The van der Waals surface area contributed by atoms with Crippen LogP contribution in [0.5, 0.6) is 5.75 Å². The molecule has 1 fully saturated rings. The van der Waals surface area contributed by atoms with Crippen molar-refractivity contribution in [1.82, 2.24) is 0 Å². The number of hydrogen-bond donors (Lipinski definition) is 1. The highest BCUT2D eigenvalue weighted by atomic mass is 32.2. The third-order valence-electron chi connectivity index (χ3n) is 4.96. The second kappa shape index (κ2) is 9.16. The summed E-state index contributed by atoms with van der Waals surface area (Å²) >= 11 is -0.732. The largest absolute Gasteiger partial charge is 0.489 e. The number of Topliss-reactive ketones (excluding diaryl/α,β-unsaturated/α-hetero) is 2. The number of rotatable bonds is 8. The number of ketones is 2. The van der Waals surface area contributed by atoms with Gasteiger partial charge in [0.2, 0.25) is 0 Å². The minimum absolute atomic E-state index is 0.0797. The molecule has 1 aromatic rings. The minimum Gasteiger partial charge on any atom is -0.489 e. The normalized spacial score (nSPS) is 21.3. The number of ether oxygens (including phenoxy) is 2. The van der Waals surface area contributed by atoms with E-state index in [4.69, 9.17) is 9.99 Å². The quantitative estimate of drug-likeness (QED) is 0.217. The highest BCUT2D eigenvalue weighted by Crippen LogP contribution is 2.42. The van der Waals surface area contributed by atoms with Gasteiger partial charge in [0.15, 0.2) is 11.6 Å². The van der Waals surface area contributed by atoms with Crippen LogP contribution in [0.25, 0.3) is 0 Å². The van der Waals surface area contributed by atoms with E-state index in [-0.39, 0.29) is 41.3 Å². The third kappa shape index (κ3) is 4.58. The molecule has 2 atom stereocenters. The molecule has 158 valence electrons. The highest BCUT2D eigenvalue weighted by molar-refractivity contribution is 7.96. The summed E-state index contributed by atoms with van der Waals surface area (Å²) in [6, 6.07) is 4.66. The number of hydrogen-bond acceptors (Lipinski definition) is 9. The molecule has 0 spiro atoms. The van der Waals surface area contributed by atoms with Crippen LogP contribution < -0.4 is 4.74 Å². The first-order chi connectivity index (χ1) is 13.9. The lowest BCUT2D eigenvalue weighted by molar-refractivity contribution is -0.433. The van der Waals surface area contributed by atoms with E-state index in [2.05, 4.69) is 14.1 Å². The number of fused-ring (bicyclic) bond motifs is 2. The Hall–Kier alpha value is -2.08. The topological polar surface area (TPSA) is 108 Å². The average Bonchev–Trinajstić information content (AvgIpc) is 2.73. The molecule has 2 aliphatic rings. The molecule has 1 saturated carbocycles. The maximum atomic E-state index is 13.3. The van der Waals surface area contributed by atoms with Gasteiger partial charge in [-0.25, -0.2) is 10.1 Å². The van der Waals surface area contributed by atoms with Crippen molar-refractivity contribution in [3.63, 3.8) is 0 Å². The summed E-state index contributed by atoms with van der Waals surface area (Å²) in [5.74, 6) is -2.67. The Morgan fingerprint density at radius 2 is 1.83 bits per heavy atom. The molecule has 8 nitrogen and oxygen atoms in total. The van der Waals surface area contributed by atoms with Gasteiger partial charge >= 0.3 is 11.2 Å². The smallest absolute Gasteiger partial charge is 0.415 e. The number of halogens is 2. The van der Waals surface area contributed by atoms with Crippen LogP contribution in [0.15, 0.2) is 18.2 Å².